The zero-order chi connectivity index (χ0) is 7.84. The minimum absolute atomic E-state index is 0.407. The third kappa shape index (κ3) is 0.724. The number of hydrogen-bond donors (Lipinski definition) is 1. The van der Waals surface area contributed by atoms with Crippen LogP contribution >= 0.6 is 0 Å². The summed E-state index contributed by atoms with van der Waals surface area (Å²) in [5.41, 5.74) is 0.910. The number of anilines is 1. The van der Waals surface area contributed by atoms with Crippen LogP contribution in [0.25, 0.3) is 0 Å². The first-order valence-corrected chi connectivity index (χ1v) is 3.09. The first-order chi connectivity index (χ1) is 5.29. The van der Waals surface area contributed by atoms with Crippen molar-refractivity contribution in [2.45, 2.75) is 0 Å². The number of nitrogens with zero attached hydrogens (tertiary/aromatic N) is 1. The highest BCUT2D eigenvalue weighted by Gasteiger charge is 2.27. The summed E-state index contributed by atoms with van der Waals surface area (Å²) in [7, 11) is 0. The minimum Gasteiger partial charge on any atom is -0.317 e. The molecule has 2 rings (SSSR count). The number of Topliss-reactive ketones (excluding diaryl/α,β-unsaturated/α-hetero) is 1. The predicted molar refractivity (Wildman–Crippen MR) is 37.2 cm³/mol. The maximum Gasteiger partial charge on any atom is 0.296 e. The Kier molecular flexibility index (Phi) is 1.03. The second-order valence-electron chi connectivity index (χ2n) is 2.20. The lowest BCUT2D eigenvalue weighted by Crippen LogP contribution is -2.12. The van der Waals surface area contributed by atoms with E-state index >= 15 is 0 Å². The third-order valence-corrected chi connectivity index (χ3v) is 1.52. The molecule has 0 bridgehead atoms. The van der Waals surface area contributed by atoms with Gasteiger partial charge in [0, 0.05) is 6.20 Å². The van der Waals surface area contributed by atoms with Crippen molar-refractivity contribution in [3.8, 4) is 0 Å². The van der Waals surface area contributed by atoms with Gasteiger partial charge in [0.25, 0.3) is 11.7 Å². The fourth-order valence-electron chi connectivity index (χ4n) is 0.993. The first-order valence-electron chi connectivity index (χ1n) is 3.09. The van der Waals surface area contributed by atoms with Gasteiger partial charge in [-0.1, -0.05) is 0 Å². The molecule has 4 nitrogen and oxygen atoms in total. The van der Waals surface area contributed by atoms with Crippen LogP contribution in [0, 0.1) is 0 Å². The quantitative estimate of drug-likeness (QED) is 0.535. The van der Waals surface area contributed by atoms with Crippen molar-refractivity contribution in [2.24, 2.45) is 0 Å². The van der Waals surface area contributed by atoms with Gasteiger partial charge in [-0.3, -0.25) is 14.6 Å². The molecule has 2 heterocycles. The molecule has 11 heavy (non-hydrogen) atoms. The molecule has 0 atom stereocenters. The van der Waals surface area contributed by atoms with E-state index in [1.807, 2.05) is 0 Å². The molecule has 1 aromatic heterocycles. The van der Waals surface area contributed by atoms with Crippen LogP contribution in [0.5, 0.6) is 0 Å². The second-order valence-corrected chi connectivity index (χ2v) is 2.20. The molecule has 1 aromatic rings. The normalized spacial score (nSPS) is 14.5. The molecule has 1 aliphatic heterocycles. The molecule has 1 amide bonds. The van der Waals surface area contributed by atoms with E-state index in [1.54, 1.807) is 0 Å². The number of carbonyl (C=O) groups excluding carboxylic acids is 2. The minimum atomic E-state index is -0.576. The molecule has 0 fully saturated rings. The highest BCUT2D eigenvalue weighted by atomic mass is 16.2. The first kappa shape index (κ1) is 6.03. The van der Waals surface area contributed by atoms with Crippen LogP contribution in [0.2, 0.25) is 0 Å². The Morgan fingerprint density at radius 1 is 1.36 bits per heavy atom. The smallest absolute Gasteiger partial charge is 0.296 e. The average Bonchev–Trinajstić information content (AvgIpc) is 2.30. The number of ketones is 1. The van der Waals surface area contributed by atoms with Gasteiger partial charge in [-0.05, 0) is 6.07 Å². The lowest BCUT2D eigenvalue weighted by atomic mass is 10.2. The van der Waals surface area contributed by atoms with Crippen LogP contribution in [0.4, 0.5) is 5.69 Å². The number of aromatic nitrogens is 1. The van der Waals surface area contributed by atoms with E-state index in [0.29, 0.717) is 11.3 Å². The molecule has 0 unspecified atom stereocenters. The number of amides is 1. The number of rotatable bonds is 0. The molecule has 54 valence electrons. The van der Waals surface area contributed by atoms with Crippen LogP contribution < -0.4 is 5.32 Å². The van der Waals surface area contributed by atoms with E-state index in [-0.39, 0.29) is 0 Å². The van der Waals surface area contributed by atoms with E-state index in [1.165, 1.54) is 18.5 Å². The Balaban J connectivity index is 2.64. The maximum atomic E-state index is 11.0. The summed E-state index contributed by atoms with van der Waals surface area (Å²) >= 11 is 0. The Morgan fingerprint density at radius 2 is 2.18 bits per heavy atom. The molecule has 4 heteroatoms. The Hall–Kier alpha value is -1.71. The maximum absolute atomic E-state index is 11.0. The summed E-state index contributed by atoms with van der Waals surface area (Å²) in [4.78, 5) is 25.5. The summed E-state index contributed by atoms with van der Waals surface area (Å²) in [6, 6.07) is 1.52. The van der Waals surface area contributed by atoms with Crippen molar-refractivity contribution in [2.75, 3.05) is 5.32 Å². The monoisotopic (exact) mass is 148 g/mol. The Labute approximate surface area is 62.2 Å². The average molecular weight is 148 g/mol. The largest absolute Gasteiger partial charge is 0.317 e. The van der Waals surface area contributed by atoms with Gasteiger partial charge < -0.3 is 5.32 Å². The van der Waals surface area contributed by atoms with Gasteiger partial charge in [0.2, 0.25) is 0 Å². The number of pyridine rings is 1. The molecule has 0 aliphatic carbocycles. The van der Waals surface area contributed by atoms with Crippen LogP contribution in [0.3, 0.4) is 0 Å². The van der Waals surface area contributed by atoms with Crippen molar-refractivity contribution in [1.82, 2.24) is 4.98 Å². The lowest BCUT2D eigenvalue weighted by Gasteiger charge is -1.90. The summed E-state index contributed by atoms with van der Waals surface area (Å²) in [6.45, 7) is 0. The van der Waals surface area contributed by atoms with Gasteiger partial charge in [-0.25, -0.2) is 0 Å². The Bertz CT molecular complexity index is 346. The van der Waals surface area contributed by atoms with Crippen LogP contribution in [0.1, 0.15) is 10.4 Å². The zero-order valence-electron chi connectivity index (χ0n) is 5.50. The molecule has 0 spiro atoms. The van der Waals surface area contributed by atoms with Crippen molar-refractivity contribution in [3.63, 3.8) is 0 Å². The van der Waals surface area contributed by atoms with Gasteiger partial charge >= 0.3 is 0 Å². The van der Waals surface area contributed by atoms with Gasteiger partial charge in [0.1, 0.15) is 0 Å². The predicted octanol–water partition coefficient (Wildman–Crippen LogP) is 0.216. The summed E-state index contributed by atoms with van der Waals surface area (Å²) < 4.78 is 0. The summed E-state index contributed by atoms with van der Waals surface area (Å²) in [6.07, 6.45) is 2.94. The number of hydrogen-bond acceptors (Lipinski definition) is 3. The molecule has 1 N–H and O–H groups in total. The highest BCUT2D eigenvalue weighted by Crippen LogP contribution is 2.19. The lowest BCUT2D eigenvalue weighted by molar-refractivity contribution is -0.112. The SMILES string of the molecule is O=C1Nc2cnccc2C1=O. The third-order valence-electron chi connectivity index (χ3n) is 1.52. The highest BCUT2D eigenvalue weighted by molar-refractivity contribution is 6.51. The molecular weight excluding hydrogens is 144 g/mol. The van der Waals surface area contributed by atoms with E-state index < -0.39 is 11.7 Å². The van der Waals surface area contributed by atoms with Crippen molar-refractivity contribution in [3.05, 3.63) is 24.0 Å². The van der Waals surface area contributed by atoms with Gasteiger partial charge in [0.05, 0.1) is 17.4 Å². The molecule has 0 radical (unpaired) electrons. The molecule has 0 aromatic carbocycles. The van der Waals surface area contributed by atoms with Crippen LogP contribution in [-0.4, -0.2) is 16.7 Å². The fraction of sp³-hybridized carbons (Fsp3) is 0. The second kappa shape index (κ2) is 1.88. The van der Waals surface area contributed by atoms with Gasteiger partial charge in [-0.15, -0.1) is 0 Å². The van der Waals surface area contributed by atoms with Gasteiger partial charge in [0.15, 0.2) is 0 Å². The van der Waals surface area contributed by atoms with E-state index in [4.69, 9.17) is 0 Å². The van der Waals surface area contributed by atoms with Crippen LogP contribution in [-0.2, 0) is 4.79 Å². The van der Waals surface area contributed by atoms with E-state index in [0.717, 1.165) is 0 Å². The summed E-state index contributed by atoms with van der Waals surface area (Å²) in [5.74, 6) is -1.06. The molecule has 0 saturated carbocycles. The topological polar surface area (TPSA) is 59.1 Å². The molecule has 1 aliphatic rings. The van der Waals surface area contributed by atoms with E-state index in [9.17, 15) is 9.59 Å². The molecule has 0 saturated heterocycles. The number of carbonyl (C=O) groups is 2. The number of fused-ring (bicyclic) bond motifs is 1. The summed E-state index contributed by atoms with van der Waals surface area (Å²) in [5, 5.41) is 2.40. The van der Waals surface area contributed by atoms with Gasteiger partial charge in [-0.2, -0.15) is 0 Å². The van der Waals surface area contributed by atoms with Crippen LogP contribution in [0.15, 0.2) is 18.5 Å². The van der Waals surface area contributed by atoms with Crippen molar-refractivity contribution >= 4 is 17.4 Å². The van der Waals surface area contributed by atoms with Crippen molar-refractivity contribution in [1.29, 1.82) is 0 Å². The van der Waals surface area contributed by atoms with Crippen molar-refractivity contribution < 1.29 is 9.59 Å². The fourth-order valence-corrected chi connectivity index (χ4v) is 0.993. The standard InChI is InChI=1S/C7H4N2O2/c10-6-4-1-2-8-3-5(4)9-7(6)11/h1-3H,(H,9,10,11). The number of nitrogens with one attached hydrogen (secondary N) is 1. The molecular formula is C7H4N2O2. The zero-order valence-corrected chi connectivity index (χ0v) is 5.50. The Morgan fingerprint density at radius 3 is 2.91 bits per heavy atom. The van der Waals surface area contributed by atoms with E-state index in [2.05, 4.69) is 10.3 Å².